The van der Waals surface area contributed by atoms with Crippen molar-refractivity contribution in [2.24, 2.45) is 0 Å². The highest BCUT2D eigenvalue weighted by Gasteiger charge is 2.31. The van der Waals surface area contributed by atoms with E-state index in [0.717, 1.165) is 16.7 Å². The van der Waals surface area contributed by atoms with Crippen LogP contribution in [0.5, 0.6) is 5.75 Å². The van der Waals surface area contributed by atoms with Gasteiger partial charge < -0.3 is 5.11 Å². The molecule has 0 aliphatic heterocycles. The molecule has 0 fully saturated rings. The van der Waals surface area contributed by atoms with Gasteiger partial charge in [-0.2, -0.15) is 0 Å². The molecule has 0 unspecified atom stereocenters. The van der Waals surface area contributed by atoms with Crippen molar-refractivity contribution < 1.29 is 10.0 Å². The Kier molecular flexibility index (Phi) is 3.21. The molecule has 0 aliphatic rings. The van der Waals surface area contributed by atoms with Gasteiger partial charge in [-0.05, 0) is 30.5 Å². The first-order chi connectivity index (χ1) is 7.24. The van der Waals surface area contributed by atoms with Gasteiger partial charge in [0.05, 0.1) is 0 Å². The SMILES string of the molecule is Cc1cc(CC(C)(C)[N+](=O)[O-])cc(C)c1O. The summed E-state index contributed by atoms with van der Waals surface area (Å²) in [5.74, 6) is 0.266. The van der Waals surface area contributed by atoms with Gasteiger partial charge in [0, 0.05) is 25.2 Å². The molecule has 1 aromatic carbocycles. The van der Waals surface area contributed by atoms with Crippen molar-refractivity contribution in [2.45, 2.75) is 39.7 Å². The first-order valence-corrected chi connectivity index (χ1v) is 5.17. The van der Waals surface area contributed by atoms with Crippen molar-refractivity contribution in [1.82, 2.24) is 0 Å². The Morgan fingerprint density at radius 2 is 1.75 bits per heavy atom. The van der Waals surface area contributed by atoms with E-state index < -0.39 is 5.54 Å². The van der Waals surface area contributed by atoms with Crippen LogP contribution in [0.15, 0.2) is 12.1 Å². The molecule has 0 aromatic heterocycles. The summed E-state index contributed by atoms with van der Waals surface area (Å²) in [6.45, 7) is 6.80. The average Bonchev–Trinajstić information content (AvgIpc) is 2.13. The lowest BCUT2D eigenvalue weighted by Crippen LogP contribution is -2.33. The zero-order valence-electron chi connectivity index (χ0n) is 10.1. The van der Waals surface area contributed by atoms with Crippen LogP contribution in [0.2, 0.25) is 0 Å². The van der Waals surface area contributed by atoms with Crippen molar-refractivity contribution in [3.8, 4) is 5.75 Å². The van der Waals surface area contributed by atoms with E-state index in [-0.39, 0.29) is 10.7 Å². The summed E-state index contributed by atoms with van der Waals surface area (Å²) in [6, 6.07) is 3.60. The Hall–Kier alpha value is -1.58. The van der Waals surface area contributed by atoms with Crippen LogP contribution in [0.1, 0.15) is 30.5 Å². The fourth-order valence-electron chi connectivity index (χ4n) is 1.71. The summed E-state index contributed by atoms with van der Waals surface area (Å²) in [6.07, 6.45) is 0.363. The highest BCUT2D eigenvalue weighted by molar-refractivity contribution is 5.42. The van der Waals surface area contributed by atoms with Crippen molar-refractivity contribution in [3.05, 3.63) is 38.9 Å². The maximum Gasteiger partial charge on any atom is 0.220 e. The fourth-order valence-corrected chi connectivity index (χ4v) is 1.71. The second-order valence-electron chi connectivity index (χ2n) is 4.82. The third-order valence-electron chi connectivity index (χ3n) is 2.68. The number of hydrogen-bond acceptors (Lipinski definition) is 3. The van der Waals surface area contributed by atoms with Crippen LogP contribution in [0.25, 0.3) is 0 Å². The Morgan fingerprint density at radius 3 is 2.12 bits per heavy atom. The van der Waals surface area contributed by atoms with E-state index in [9.17, 15) is 15.2 Å². The highest BCUT2D eigenvalue weighted by atomic mass is 16.6. The van der Waals surface area contributed by atoms with Gasteiger partial charge in [0.2, 0.25) is 5.54 Å². The van der Waals surface area contributed by atoms with E-state index in [1.807, 2.05) is 0 Å². The minimum atomic E-state index is -0.976. The smallest absolute Gasteiger partial charge is 0.220 e. The predicted octanol–water partition coefficient (Wildman–Crippen LogP) is 2.61. The first-order valence-electron chi connectivity index (χ1n) is 5.17. The van der Waals surface area contributed by atoms with Crippen LogP contribution in [0, 0.1) is 24.0 Å². The number of aromatic hydroxyl groups is 1. The monoisotopic (exact) mass is 223 g/mol. The summed E-state index contributed by atoms with van der Waals surface area (Å²) >= 11 is 0. The molecule has 4 nitrogen and oxygen atoms in total. The zero-order valence-corrected chi connectivity index (χ0v) is 10.1. The molecule has 88 valence electrons. The molecule has 4 heteroatoms. The number of rotatable bonds is 3. The standard InChI is InChI=1S/C12H17NO3/c1-8-5-10(6-9(2)11(8)14)7-12(3,4)13(15)16/h5-6,14H,7H2,1-4H3. The number of hydrogen-bond donors (Lipinski definition) is 1. The van der Waals surface area contributed by atoms with Crippen molar-refractivity contribution >= 4 is 0 Å². The van der Waals surface area contributed by atoms with E-state index in [1.54, 1.807) is 39.8 Å². The van der Waals surface area contributed by atoms with E-state index in [1.165, 1.54) is 0 Å². The van der Waals surface area contributed by atoms with Gasteiger partial charge in [-0.1, -0.05) is 12.1 Å². The predicted molar refractivity (Wildman–Crippen MR) is 62.4 cm³/mol. The van der Waals surface area contributed by atoms with E-state index in [2.05, 4.69) is 0 Å². The van der Waals surface area contributed by atoms with Crippen LogP contribution in [0.3, 0.4) is 0 Å². The fraction of sp³-hybridized carbons (Fsp3) is 0.500. The van der Waals surface area contributed by atoms with Gasteiger partial charge in [-0.15, -0.1) is 0 Å². The van der Waals surface area contributed by atoms with Crippen LogP contribution >= 0.6 is 0 Å². The molecule has 0 aliphatic carbocycles. The van der Waals surface area contributed by atoms with E-state index >= 15 is 0 Å². The Balaban J connectivity index is 3.04. The van der Waals surface area contributed by atoms with Crippen molar-refractivity contribution in [3.63, 3.8) is 0 Å². The molecule has 0 radical (unpaired) electrons. The Bertz CT molecular complexity index is 401. The molecule has 0 amide bonds. The molecular formula is C12H17NO3. The molecule has 0 heterocycles. The summed E-state index contributed by atoms with van der Waals surface area (Å²) in [5.41, 5.74) is 1.42. The highest BCUT2D eigenvalue weighted by Crippen LogP contribution is 2.25. The van der Waals surface area contributed by atoms with Gasteiger partial charge in [0.1, 0.15) is 5.75 Å². The molecular weight excluding hydrogens is 206 g/mol. The lowest BCUT2D eigenvalue weighted by atomic mass is 9.93. The second-order valence-corrected chi connectivity index (χ2v) is 4.82. The number of aryl methyl sites for hydroxylation is 2. The van der Waals surface area contributed by atoms with Gasteiger partial charge in [0.25, 0.3) is 0 Å². The topological polar surface area (TPSA) is 63.4 Å². The lowest BCUT2D eigenvalue weighted by molar-refractivity contribution is -0.560. The molecule has 1 rings (SSSR count). The number of phenols is 1. The van der Waals surface area contributed by atoms with Crippen molar-refractivity contribution in [2.75, 3.05) is 0 Å². The van der Waals surface area contributed by atoms with Gasteiger partial charge in [-0.3, -0.25) is 10.1 Å². The minimum Gasteiger partial charge on any atom is -0.507 e. The Morgan fingerprint density at radius 1 is 1.31 bits per heavy atom. The average molecular weight is 223 g/mol. The summed E-state index contributed by atoms with van der Waals surface area (Å²) in [4.78, 5) is 10.5. The maximum absolute atomic E-state index is 10.8. The molecule has 1 aromatic rings. The Labute approximate surface area is 95.1 Å². The first kappa shape index (κ1) is 12.5. The molecule has 0 saturated carbocycles. The molecule has 0 atom stereocenters. The summed E-state index contributed by atoms with van der Waals surface area (Å²) in [5, 5.41) is 20.4. The molecule has 0 saturated heterocycles. The number of nitrogens with zero attached hydrogens (tertiary/aromatic N) is 1. The van der Waals surface area contributed by atoms with Crippen LogP contribution in [-0.4, -0.2) is 15.6 Å². The molecule has 1 N–H and O–H groups in total. The summed E-state index contributed by atoms with van der Waals surface area (Å²) < 4.78 is 0. The normalized spacial score (nSPS) is 11.5. The number of nitro groups is 1. The van der Waals surface area contributed by atoms with Crippen LogP contribution < -0.4 is 0 Å². The number of benzene rings is 1. The van der Waals surface area contributed by atoms with Gasteiger partial charge in [0.15, 0.2) is 0 Å². The lowest BCUT2D eigenvalue weighted by Gasteiger charge is -2.16. The van der Waals surface area contributed by atoms with Crippen molar-refractivity contribution in [1.29, 1.82) is 0 Å². The van der Waals surface area contributed by atoms with E-state index in [0.29, 0.717) is 6.42 Å². The largest absolute Gasteiger partial charge is 0.507 e. The maximum atomic E-state index is 10.8. The third-order valence-corrected chi connectivity index (χ3v) is 2.68. The van der Waals surface area contributed by atoms with Crippen LogP contribution in [-0.2, 0) is 6.42 Å². The molecule has 0 bridgehead atoms. The van der Waals surface area contributed by atoms with E-state index in [4.69, 9.17) is 0 Å². The van der Waals surface area contributed by atoms with Crippen LogP contribution in [0.4, 0.5) is 0 Å². The molecule has 0 spiro atoms. The van der Waals surface area contributed by atoms with Gasteiger partial charge >= 0.3 is 0 Å². The quantitative estimate of drug-likeness (QED) is 0.632. The zero-order chi connectivity index (χ0) is 12.5. The number of phenolic OH excluding ortho intramolecular Hbond substituents is 1. The minimum absolute atomic E-state index is 0.266. The summed E-state index contributed by atoms with van der Waals surface area (Å²) in [7, 11) is 0. The second kappa shape index (κ2) is 4.12. The third kappa shape index (κ3) is 2.51. The molecule has 16 heavy (non-hydrogen) atoms. The van der Waals surface area contributed by atoms with Gasteiger partial charge in [-0.25, -0.2) is 0 Å².